The van der Waals surface area contributed by atoms with Crippen molar-refractivity contribution in [2.24, 2.45) is 5.92 Å². The summed E-state index contributed by atoms with van der Waals surface area (Å²) in [5.74, 6) is -0.789. The normalized spacial score (nSPS) is 19.8. The predicted molar refractivity (Wildman–Crippen MR) is 131 cm³/mol. The summed E-state index contributed by atoms with van der Waals surface area (Å²) < 4.78 is 72.4. The Bertz CT molecular complexity index is 1260. The first kappa shape index (κ1) is 26.5. The monoisotopic (exact) mass is 539 g/mol. The van der Waals surface area contributed by atoms with Gasteiger partial charge < -0.3 is 10.1 Å². The van der Waals surface area contributed by atoms with Crippen molar-refractivity contribution in [2.75, 3.05) is 39.3 Å². The first-order chi connectivity index (χ1) is 17.2. The molecular formula is C24H30FN3O6S2. The van der Waals surface area contributed by atoms with E-state index in [1.807, 2.05) is 0 Å². The van der Waals surface area contributed by atoms with E-state index in [1.165, 1.54) is 32.9 Å². The van der Waals surface area contributed by atoms with Gasteiger partial charge in [-0.05, 0) is 74.2 Å². The van der Waals surface area contributed by atoms with E-state index >= 15 is 0 Å². The molecule has 2 aliphatic rings. The van der Waals surface area contributed by atoms with E-state index in [4.69, 9.17) is 4.74 Å². The minimum atomic E-state index is -3.81. The first-order valence-electron chi connectivity index (χ1n) is 11.9. The fourth-order valence-electron chi connectivity index (χ4n) is 4.40. The Kier molecular flexibility index (Phi) is 8.28. The summed E-state index contributed by atoms with van der Waals surface area (Å²) in [4.78, 5) is 12.9. The van der Waals surface area contributed by atoms with Crippen LogP contribution in [0.4, 0.5) is 4.39 Å². The number of hydrogen-bond donors (Lipinski definition) is 1. The molecule has 196 valence electrons. The number of rotatable bonds is 9. The fraction of sp³-hybridized carbons (Fsp3) is 0.458. The van der Waals surface area contributed by atoms with E-state index in [0.29, 0.717) is 38.2 Å². The lowest BCUT2D eigenvalue weighted by Crippen LogP contribution is -2.45. The number of carbonyl (C=O) groups excluding carboxylic acids is 1. The van der Waals surface area contributed by atoms with E-state index in [2.05, 4.69) is 5.32 Å². The maximum Gasteiger partial charge on any atom is 0.243 e. The summed E-state index contributed by atoms with van der Waals surface area (Å²) in [5.41, 5.74) is 0. The number of benzene rings is 2. The van der Waals surface area contributed by atoms with E-state index in [0.717, 1.165) is 25.0 Å². The van der Waals surface area contributed by atoms with E-state index in [-0.39, 0.29) is 35.4 Å². The summed E-state index contributed by atoms with van der Waals surface area (Å²) in [5, 5.41) is 2.78. The smallest absolute Gasteiger partial charge is 0.243 e. The Hall–Kier alpha value is -2.54. The highest BCUT2D eigenvalue weighted by Gasteiger charge is 2.33. The molecule has 0 aliphatic carbocycles. The summed E-state index contributed by atoms with van der Waals surface area (Å²) in [6.45, 7) is 1.83. The van der Waals surface area contributed by atoms with Crippen molar-refractivity contribution in [1.82, 2.24) is 13.9 Å². The van der Waals surface area contributed by atoms with E-state index < -0.39 is 31.8 Å². The van der Waals surface area contributed by atoms with Gasteiger partial charge in [-0.2, -0.15) is 8.61 Å². The fourth-order valence-corrected chi connectivity index (χ4v) is 7.44. The topological polar surface area (TPSA) is 113 Å². The zero-order chi connectivity index (χ0) is 25.8. The quantitative estimate of drug-likeness (QED) is 0.489. The number of piperidine rings is 1. The standard InChI is InChI=1S/C24H30FN3O6S2/c25-20-5-9-22(10-6-20)36(32,33)28-16-3-4-19(18-28)24(29)26-13-17-34-21-7-11-23(12-8-21)35(30,31)27-14-1-2-15-27/h5-12,19H,1-4,13-18H2,(H,26,29)/t19-/m0/s1. The van der Waals surface area contributed by atoms with Crippen LogP contribution < -0.4 is 10.1 Å². The molecule has 2 aromatic carbocycles. The maximum absolute atomic E-state index is 13.2. The average molecular weight is 540 g/mol. The van der Waals surface area contributed by atoms with Gasteiger partial charge in [-0.15, -0.1) is 0 Å². The summed E-state index contributed by atoms with van der Waals surface area (Å²) in [7, 11) is -7.29. The van der Waals surface area contributed by atoms with Gasteiger partial charge in [0.2, 0.25) is 26.0 Å². The highest BCUT2D eigenvalue weighted by molar-refractivity contribution is 7.89. The maximum atomic E-state index is 13.2. The molecule has 0 radical (unpaired) electrons. The minimum absolute atomic E-state index is 0.00222. The zero-order valence-electron chi connectivity index (χ0n) is 19.8. The second-order valence-electron chi connectivity index (χ2n) is 8.88. The number of amides is 1. The average Bonchev–Trinajstić information content (AvgIpc) is 3.43. The van der Waals surface area contributed by atoms with Crippen molar-refractivity contribution in [3.63, 3.8) is 0 Å². The van der Waals surface area contributed by atoms with Crippen LogP contribution in [-0.2, 0) is 24.8 Å². The Labute approximate surface area is 211 Å². The molecule has 2 aromatic rings. The second-order valence-corrected chi connectivity index (χ2v) is 12.8. The minimum Gasteiger partial charge on any atom is -0.492 e. The third-order valence-electron chi connectivity index (χ3n) is 6.40. The van der Waals surface area contributed by atoms with E-state index in [1.54, 1.807) is 12.1 Å². The SMILES string of the molecule is O=C(NCCOc1ccc(S(=O)(=O)N2CCCC2)cc1)[C@H]1CCCN(S(=O)(=O)c2ccc(F)cc2)C1. The Balaban J connectivity index is 1.24. The van der Waals surface area contributed by atoms with E-state index in [9.17, 15) is 26.0 Å². The molecule has 1 amide bonds. The highest BCUT2D eigenvalue weighted by Crippen LogP contribution is 2.25. The number of ether oxygens (including phenoxy) is 1. The van der Waals surface area contributed by atoms with Crippen LogP contribution >= 0.6 is 0 Å². The lowest BCUT2D eigenvalue weighted by Gasteiger charge is -2.31. The number of sulfonamides is 2. The zero-order valence-corrected chi connectivity index (χ0v) is 21.4. The van der Waals surface area contributed by atoms with Crippen molar-refractivity contribution in [2.45, 2.75) is 35.5 Å². The molecular weight excluding hydrogens is 509 g/mol. The van der Waals surface area contributed by atoms with Gasteiger partial charge in [-0.25, -0.2) is 21.2 Å². The van der Waals surface area contributed by atoms with Crippen LogP contribution in [0, 0.1) is 11.7 Å². The van der Waals surface area contributed by atoms with Crippen LogP contribution in [0.1, 0.15) is 25.7 Å². The summed E-state index contributed by atoms with van der Waals surface area (Å²) in [6, 6.07) is 10.8. The Morgan fingerprint density at radius 3 is 2.06 bits per heavy atom. The largest absolute Gasteiger partial charge is 0.492 e. The summed E-state index contributed by atoms with van der Waals surface area (Å²) >= 11 is 0. The summed E-state index contributed by atoms with van der Waals surface area (Å²) in [6.07, 6.45) is 2.85. The van der Waals surface area contributed by atoms with Crippen LogP contribution in [0.2, 0.25) is 0 Å². The number of nitrogens with one attached hydrogen (secondary N) is 1. The van der Waals surface area contributed by atoms with Gasteiger partial charge in [0.25, 0.3) is 0 Å². The van der Waals surface area contributed by atoms with Crippen molar-refractivity contribution < 1.29 is 30.8 Å². The molecule has 9 nitrogen and oxygen atoms in total. The van der Waals surface area contributed by atoms with Gasteiger partial charge in [0, 0.05) is 26.2 Å². The highest BCUT2D eigenvalue weighted by atomic mass is 32.2. The molecule has 12 heteroatoms. The molecule has 4 rings (SSSR count). The van der Waals surface area contributed by atoms with Crippen molar-refractivity contribution in [3.05, 3.63) is 54.3 Å². The first-order valence-corrected chi connectivity index (χ1v) is 14.8. The van der Waals surface area contributed by atoms with Gasteiger partial charge in [0.1, 0.15) is 18.2 Å². The number of nitrogens with zero attached hydrogens (tertiary/aromatic N) is 2. The van der Waals surface area contributed by atoms with Gasteiger partial charge in [0.15, 0.2) is 0 Å². The Morgan fingerprint density at radius 1 is 0.861 bits per heavy atom. The third kappa shape index (κ3) is 6.05. The van der Waals surface area contributed by atoms with Crippen molar-refractivity contribution in [3.8, 4) is 5.75 Å². The van der Waals surface area contributed by atoms with Crippen molar-refractivity contribution in [1.29, 1.82) is 0 Å². The molecule has 2 saturated heterocycles. The molecule has 0 saturated carbocycles. The van der Waals surface area contributed by atoms with Crippen LogP contribution in [0.25, 0.3) is 0 Å². The number of hydrogen-bond acceptors (Lipinski definition) is 6. The van der Waals surface area contributed by atoms with Crippen LogP contribution in [0.15, 0.2) is 58.3 Å². The number of carbonyl (C=O) groups is 1. The molecule has 1 atom stereocenters. The lowest BCUT2D eigenvalue weighted by molar-refractivity contribution is -0.126. The van der Waals surface area contributed by atoms with Gasteiger partial charge in [0.05, 0.1) is 22.3 Å². The number of halogens is 1. The molecule has 0 unspecified atom stereocenters. The molecule has 0 aromatic heterocycles. The molecule has 1 N–H and O–H groups in total. The van der Waals surface area contributed by atoms with Gasteiger partial charge in [-0.1, -0.05) is 0 Å². The van der Waals surface area contributed by atoms with Crippen molar-refractivity contribution >= 4 is 26.0 Å². The Morgan fingerprint density at radius 2 is 1.42 bits per heavy atom. The molecule has 2 heterocycles. The van der Waals surface area contributed by atoms with Gasteiger partial charge in [-0.3, -0.25) is 4.79 Å². The van der Waals surface area contributed by atoms with Gasteiger partial charge >= 0.3 is 0 Å². The lowest BCUT2D eigenvalue weighted by atomic mass is 9.99. The molecule has 0 bridgehead atoms. The molecule has 2 fully saturated rings. The van der Waals surface area contributed by atoms with Crippen LogP contribution in [0.3, 0.4) is 0 Å². The van der Waals surface area contributed by atoms with Crippen LogP contribution in [-0.4, -0.2) is 70.7 Å². The molecule has 2 aliphatic heterocycles. The molecule has 36 heavy (non-hydrogen) atoms. The van der Waals surface area contributed by atoms with Crippen LogP contribution in [0.5, 0.6) is 5.75 Å². The third-order valence-corrected chi connectivity index (χ3v) is 10.2. The second kappa shape index (κ2) is 11.2. The predicted octanol–water partition coefficient (Wildman–Crippen LogP) is 2.21. The molecule has 0 spiro atoms.